The molecule has 0 aliphatic heterocycles. The fourth-order valence-corrected chi connectivity index (χ4v) is 2.96. The number of sulfonamides is 1. The molecule has 0 aliphatic rings. The Labute approximate surface area is 128 Å². The van der Waals surface area contributed by atoms with Crippen LogP contribution in [0.5, 0.6) is 0 Å². The fraction of sp³-hybridized carbons (Fsp3) is 0.133. The molecule has 2 heterocycles. The third kappa shape index (κ3) is 3.44. The minimum atomic E-state index is -3.44. The molecule has 0 saturated carbocycles. The van der Waals surface area contributed by atoms with Crippen molar-refractivity contribution in [3.63, 3.8) is 0 Å². The topological polar surface area (TPSA) is 68.4 Å². The van der Waals surface area contributed by atoms with Crippen LogP contribution in [0.4, 0.5) is 0 Å². The molecular weight excluding hydrogens is 300 g/mol. The number of nitrogens with one attached hydrogen (secondary N) is 1. The monoisotopic (exact) mass is 316 g/mol. The Morgan fingerprint density at radius 3 is 2.77 bits per heavy atom. The van der Waals surface area contributed by atoms with Gasteiger partial charge in [-0.3, -0.25) is 0 Å². The summed E-state index contributed by atoms with van der Waals surface area (Å²) < 4.78 is 30.1. The van der Waals surface area contributed by atoms with Crippen molar-refractivity contribution in [2.75, 3.05) is 6.54 Å². The van der Waals surface area contributed by atoms with Crippen LogP contribution in [-0.2, 0) is 16.6 Å². The molecule has 0 unspecified atom stereocenters. The van der Waals surface area contributed by atoms with Crippen LogP contribution in [0.1, 0.15) is 5.56 Å². The highest BCUT2D eigenvalue weighted by Gasteiger charge is 2.05. The molecule has 0 atom stereocenters. The van der Waals surface area contributed by atoms with Crippen LogP contribution in [0.2, 0.25) is 0 Å². The number of fused-ring (bicyclic) bond motifs is 1. The van der Waals surface area contributed by atoms with Crippen molar-refractivity contribution >= 4 is 21.7 Å². The second kappa shape index (κ2) is 6.17. The van der Waals surface area contributed by atoms with Crippen molar-refractivity contribution in [2.45, 2.75) is 6.54 Å². The molecule has 0 fully saturated rings. The van der Waals surface area contributed by atoms with Crippen LogP contribution in [0, 0.1) is 0 Å². The van der Waals surface area contributed by atoms with E-state index in [4.69, 9.17) is 0 Å². The average Bonchev–Trinajstić information content (AvgIpc) is 3.11. The summed E-state index contributed by atoms with van der Waals surface area (Å²) in [6.07, 6.45) is 6.99. The summed E-state index contributed by atoms with van der Waals surface area (Å²) >= 11 is 0. The molecule has 1 aromatic carbocycles. The second-order valence-electron chi connectivity index (χ2n) is 4.78. The predicted molar refractivity (Wildman–Crippen MR) is 85.6 cm³/mol. The van der Waals surface area contributed by atoms with Gasteiger partial charge in [0.05, 0.1) is 6.20 Å². The molecule has 0 amide bonds. The zero-order valence-corrected chi connectivity index (χ0v) is 12.6. The fourth-order valence-electron chi connectivity index (χ4n) is 2.15. The van der Waals surface area contributed by atoms with Gasteiger partial charge in [-0.1, -0.05) is 30.3 Å². The zero-order valence-electron chi connectivity index (χ0n) is 11.8. The molecule has 6 nitrogen and oxygen atoms in total. The standard InChI is InChI=1S/C15H16N4O2S/c20-22(21,13-7-14-4-2-1-3-5-14)17-9-10-18-11-12-19-15(18)6-8-16-19/h1-8,11-13,17H,9-10H2. The van der Waals surface area contributed by atoms with Gasteiger partial charge in [-0.25, -0.2) is 17.7 Å². The highest BCUT2D eigenvalue weighted by molar-refractivity contribution is 7.92. The minimum absolute atomic E-state index is 0.316. The molecule has 1 N–H and O–H groups in total. The summed E-state index contributed by atoms with van der Waals surface area (Å²) in [5.74, 6) is 0. The lowest BCUT2D eigenvalue weighted by molar-refractivity contribution is 0.583. The van der Waals surface area contributed by atoms with Crippen molar-refractivity contribution in [1.29, 1.82) is 0 Å². The maximum atomic E-state index is 11.9. The molecule has 0 spiro atoms. The Morgan fingerprint density at radius 2 is 1.95 bits per heavy atom. The SMILES string of the molecule is O=S(=O)(C=Cc1ccccc1)NCCn1ccn2nccc12. The first-order chi connectivity index (χ1) is 10.6. The lowest BCUT2D eigenvalue weighted by atomic mass is 10.2. The Bertz CT molecular complexity index is 879. The number of benzene rings is 1. The van der Waals surface area contributed by atoms with E-state index in [1.165, 1.54) is 5.41 Å². The van der Waals surface area contributed by atoms with Gasteiger partial charge < -0.3 is 4.57 Å². The van der Waals surface area contributed by atoms with Crippen LogP contribution in [0.3, 0.4) is 0 Å². The molecule has 114 valence electrons. The average molecular weight is 316 g/mol. The van der Waals surface area contributed by atoms with Crippen molar-refractivity contribution in [3.8, 4) is 0 Å². The van der Waals surface area contributed by atoms with Crippen molar-refractivity contribution in [1.82, 2.24) is 18.9 Å². The molecule has 0 radical (unpaired) electrons. The van der Waals surface area contributed by atoms with E-state index in [0.29, 0.717) is 13.1 Å². The van der Waals surface area contributed by atoms with Crippen molar-refractivity contribution in [2.24, 2.45) is 0 Å². The summed E-state index contributed by atoms with van der Waals surface area (Å²) in [4.78, 5) is 0. The predicted octanol–water partition coefficient (Wildman–Crippen LogP) is 1.73. The molecule has 3 aromatic rings. The van der Waals surface area contributed by atoms with E-state index < -0.39 is 10.0 Å². The number of hydrogen-bond donors (Lipinski definition) is 1. The lowest BCUT2D eigenvalue weighted by Crippen LogP contribution is -2.25. The van der Waals surface area contributed by atoms with E-state index in [-0.39, 0.29) is 0 Å². The van der Waals surface area contributed by atoms with Gasteiger partial charge in [0.15, 0.2) is 0 Å². The molecule has 7 heteroatoms. The summed E-state index contributed by atoms with van der Waals surface area (Å²) in [6, 6.07) is 11.2. The van der Waals surface area contributed by atoms with Gasteiger partial charge in [0.25, 0.3) is 0 Å². The summed E-state index contributed by atoms with van der Waals surface area (Å²) in [6.45, 7) is 0.859. The normalized spacial score (nSPS) is 12.4. The molecule has 22 heavy (non-hydrogen) atoms. The zero-order chi connectivity index (χ0) is 15.4. The maximum absolute atomic E-state index is 11.9. The number of rotatable bonds is 6. The molecular formula is C15H16N4O2S. The van der Waals surface area contributed by atoms with E-state index in [1.54, 1.807) is 16.8 Å². The smallest absolute Gasteiger partial charge is 0.233 e. The van der Waals surface area contributed by atoms with Gasteiger partial charge in [-0.15, -0.1) is 0 Å². The molecule has 3 rings (SSSR count). The Kier molecular flexibility index (Phi) is 4.08. The Balaban J connectivity index is 1.58. The van der Waals surface area contributed by atoms with E-state index in [0.717, 1.165) is 11.2 Å². The van der Waals surface area contributed by atoms with E-state index in [9.17, 15) is 8.42 Å². The van der Waals surface area contributed by atoms with Crippen molar-refractivity contribution in [3.05, 3.63) is 66.0 Å². The van der Waals surface area contributed by atoms with E-state index in [1.807, 2.05) is 53.4 Å². The van der Waals surface area contributed by atoms with Crippen molar-refractivity contribution < 1.29 is 8.42 Å². The van der Waals surface area contributed by atoms with E-state index >= 15 is 0 Å². The van der Waals surface area contributed by atoms with Gasteiger partial charge in [-0.05, 0) is 11.6 Å². The first kappa shape index (κ1) is 14.6. The number of nitrogens with zero attached hydrogens (tertiary/aromatic N) is 3. The quantitative estimate of drug-likeness (QED) is 0.753. The van der Waals surface area contributed by atoms with E-state index in [2.05, 4.69) is 9.82 Å². The molecule has 0 saturated heterocycles. The molecule has 0 aliphatic carbocycles. The number of imidazole rings is 1. The van der Waals surface area contributed by atoms with Crippen LogP contribution in [-0.4, -0.2) is 29.1 Å². The first-order valence-electron chi connectivity index (χ1n) is 6.85. The Morgan fingerprint density at radius 1 is 1.14 bits per heavy atom. The molecule has 2 aromatic heterocycles. The van der Waals surface area contributed by atoms with Gasteiger partial charge in [0.2, 0.25) is 10.0 Å². The highest BCUT2D eigenvalue weighted by Crippen LogP contribution is 2.04. The van der Waals surface area contributed by atoms with Gasteiger partial charge in [0, 0.05) is 37.0 Å². The van der Waals surface area contributed by atoms with Gasteiger partial charge in [0.1, 0.15) is 5.65 Å². The van der Waals surface area contributed by atoms with Gasteiger partial charge in [-0.2, -0.15) is 5.10 Å². The minimum Gasteiger partial charge on any atom is -0.330 e. The third-order valence-electron chi connectivity index (χ3n) is 3.23. The number of hydrogen-bond acceptors (Lipinski definition) is 3. The summed E-state index contributed by atoms with van der Waals surface area (Å²) in [5.41, 5.74) is 1.78. The Hall–Kier alpha value is -2.38. The second-order valence-corrected chi connectivity index (χ2v) is 6.43. The van der Waals surface area contributed by atoms with Crippen LogP contribution >= 0.6 is 0 Å². The maximum Gasteiger partial charge on any atom is 0.233 e. The lowest BCUT2D eigenvalue weighted by Gasteiger charge is -2.04. The first-order valence-corrected chi connectivity index (χ1v) is 8.40. The van der Waals surface area contributed by atoms with Crippen LogP contribution < -0.4 is 4.72 Å². The largest absolute Gasteiger partial charge is 0.330 e. The number of aromatic nitrogens is 3. The summed E-state index contributed by atoms with van der Waals surface area (Å²) in [5, 5.41) is 5.29. The van der Waals surface area contributed by atoms with Gasteiger partial charge >= 0.3 is 0 Å². The van der Waals surface area contributed by atoms with Crippen LogP contribution in [0.25, 0.3) is 11.7 Å². The van der Waals surface area contributed by atoms with Crippen LogP contribution in [0.15, 0.2) is 60.4 Å². The molecule has 0 bridgehead atoms. The highest BCUT2D eigenvalue weighted by atomic mass is 32.2. The summed E-state index contributed by atoms with van der Waals surface area (Å²) in [7, 11) is -3.44. The third-order valence-corrected chi connectivity index (χ3v) is 4.33.